The van der Waals surface area contributed by atoms with E-state index in [2.05, 4.69) is 37.8 Å². The van der Waals surface area contributed by atoms with Crippen LogP contribution >= 0.6 is 0 Å². The van der Waals surface area contributed by atoms with Gasteiger partial charge in [-0.1, -0.05) is 12.1 Å². The van der Waals surface area contributed by atoms with Crippen LogP contribution in [0.3, 0.4) is 0 Å². The molecule has 0 unspecified atom stereocenters. The zero-order chi connectivity index (χ0) is 14.2. The fourth-order valence-electron chi connectivity index (χ4n) is 1.78. The Hall–Kier alpha value is -2.18. The first-order chi connectivity index (χ1) is 9.78. The first-order valence-electron chi connectivity index (χ1n) is 6.95. The Bertz CT molecular complexity index is 509. The number of anilines is 2. The largest absolute Gasteiger partial charge is 0.370 e. The summed E-state index contributed by atoms with van der Waals surface area (Å²) in [4.78, 5) is 8.79. The molecule has 0 bridgehead atoms. The molecule has 0 aliphatic heterocycles. The highest BCUT2D eigenvalue weighted by molar-refractivity contribution is 5.41. The topological polar surface area (TPSA) is 80.5 Å². The summed E-state index contributed by atoms with van der Waals surface area (Å²) in [5, 5.41) is 14.2. The lowest BCUT2D eigenvalue weighted by atomic mass is 10.4. The second kappa shape index (κ2) is 7.42. The standard InChI is InChI=1S/C13H21N7/c1-3-5-15-13-17-11(2)10-12(18-13)14-6-4-8-20-9-7-16-19-20/h7,9-10H,3-6,8H2,1-2H3,(H2,14,15,17,18). The minimum Gasteiger partial charge on any atom is -0.370 e. The van der Waals surface area contributed by atoms with Crippen LogP contribution in [0.2, 0.25) is 0 Å². The van der Waals surface area contributed by atoms with Crippen molar-refractivity contribution in [2.45, 2.75) is 33.2 Å². The highest BCUT2D eigenvalue weighted by atomic mass is 15.4. The lowest BCUT2D eigenvalue weighted by Crippen LogP contribution is -2.11. The zero-order valence-corrected chi connectivity index (χ0v) is 12.0. The molecular formula is C13H21N7. The monoisotopic (exact) mass is 275 g/mol. The Labute approximate surface area is 118 Å². The smallest absolute Gasteiger partial charge is 0.224 e. The molecule has 0 atom stereocenters. The lowest BCUT2D eigenvalue weighted by molar-refractivity contribution is 0.569. The van der Waals surface area contributed by atoms with Gasteiger partial charge in [-0.2, -0.15) is 4.98 Å². The van der Waals surface area contributed by atoms with Crippen LogP contribution in [0.4, 0.5) is 11.8 Å². The van der Waals surface area contributed by atoms with Crippen molar-refractivity contribution in [3.8, 4) is 0 Å². The van der Waals surface area contributed by atoms with E-state index in [0.717, 1.165) is 44.0 Å². The van der Waals surface area contributed by atoms with Crippen LogP contribution in [0.5, 0.6) is 0 Å². The number of nitrogens with one attached hydrogen (secondary N) is 2. The van der Waals surface area contributed by atoms with Crippen LogP contribution in [0, 0.1) is 6.92 Å². The molecule has 0 saturated heterocycles. The summed E-state index contributed by atoms with van der Waals surface area (Å²) in [6, 6.07) is 1.95. The Morgan fingerprint density at radius 1 is 1.20 bits per heavy atom. The van der Waals surface area contributed by atoms with Crippen LogP contribution in [0.25, 0.3) is 0 Å². The van der Waals surface area contributed by atoms with E-state index in [-0.39, 0.29) is 0 Å². The first-order valence-corrected chi connectivity index (χ1v) is 6.95. The summed E-state index contributed by atoms with van der Waals surface area (Å²) < 4.78 is 1.82. The summed E-state index contributed by atoms with van der Waals surface area (Å²) in [6.07, 6.45) is 5.57. The van der Waals surface area contributed by atoms with Gasteiger partial charge in [-0.25, -0.2) is 4.98 Å². The van der Waals surface area contributed by atoms with E-state index >= 15 is 0 Å². The maximum Gasteiger partial charge on any atom is 0.224 e. The minimum absolute atomic E-state index is 0.686. The Morgan fingerprint density at radius 2 is 2.10 bits per heavy atom. The molecule has 2 aromatic rings. The van der Waals surface area contributed by atoms with Crippen LogP contribution in [-0.4, -0.2) is 38.1 Å². The summed E-state index contributed by atoms with van der Waals surface area (Å²) in [6.45, 7) is 6.65. The molecule has 108 valence electrons. The molecule has 7 heteroatoms. The first kappa shape index (κ1) is 14.2. The van der Waals surface area contributed by atoms with Crippen molar-refractivity contribution in [2.24, 2.45) is 0 Å². The molecule has 0 amide bonds. The molecule has 0 saturated carbocycles. The Morgan fingerprint density at radius 3 is 2.85 bits per heavy atom. The molecule has 2 heterocycles. The van der Waals surface area contributed by atoms with Gasteiger partial charge in [-0.3, -0.25) is 4.68 Å². The average Bonchev–Trinajstić information content (AvgIpc) is 2.94. The van der Waals surface area contributed by atoms with Crippen molar-refractivity contribution < 1.29 is 0 Å². The van der Waals surface area contributed by atoms with E-state index in [0.29, 0.717) is 5.95 Å². The van der Waals surface area contributed by atoms with Crippen molar-refractivity contribution >= 4 is 11.8 Å². The maximum atomic E-state index is 4.44. The van der Waals surface area contributed by atoms with Gasteiger partial charge in [0, 0.05) is 37.6 Å². The second-order valence-electron chi connectivity index (χ2n) is 4.59. The van der Waals surface area contributed by atoms with Gasteiger partial charge in [0.15, 0.2) is 0 Å². The van der Waals surface area contributed by atoms with Crippen molar-refractivity contribution in [2.75, 3.05) is 23.7 Å². The van der Waals surface area contributed by atoms with Crippen LogP contribution in [0.1, 0.15) is 25.5 Å². The van der Waals surface area contributed by atoms with Crippen LogP contribution in [0.15, 0.2) is 18.5 Å². The van der Waals surface area contributed by atoms with Gasteiger partial charge in [0.05, 0.1) is 6.20 Å². The fourth-order valence-corrected chi connectivity index (χ4v) is 1.78. The van der Waals surface area contributed by atoms with E-state index in [4.69, 9.17) is 0 Å². The van der Waals surface area contributed by atoms with Gasteiger partial charge in [-0.15, -0.1) is 5.10 Å². The number of nitrogens with zero attached hydrogens (tertiary/aromatic N) is 5. The molecule has 0 aliphatic carbocycles. The molecule has 0 spiro atoms. The summed E-state index contributed by atoms with van der Waals surface area (Å²) >= 11 is 0. The SMILES string of the molecule is CCCNc1nc(C)cc(NCCCn2ccnn2)n1. The van der Waals surface area contributed by atoms with E-state index in [1.54, 1.807) is 6.20 Å². The van der Waals surface area contributed by atoms with Gasteiger partial charge >= 0.3 is 0 Å². The quantitative estimate of drug-likeness (QED) is 0.714. The van der Waals surface area contributed by atoms with E-state index < -0.39 is 0 Å². The summed E-state index contributed by atoms with van der Waals surface area (Å²) in [5.74, 6) is 1.54. The Kier molecular flexibility index (Phi) is 5.28. The molecule has 2 N–H and O–H groups in total. The number of hydrogen-bond donors (Lipinski definition) is 2. The molecular weight excluding hydrogens is 254 g/mol. The van der Waals surface area contributed by atoms with Gasteiger partial charge < -0.3 is 10.6 Å². The molecule has 7 nitrogen and oxygen atoms in total. The van der Waals surface area contributed by atoms with Gasteiger partial charge in [0.1, 0.15) is 5.82 Å². The predicted octanol–water partition coefficient (Wildman–Crippen LogP) is 1.70. The molecule has 20 heavy (non-hydrogen) atoms. The molecule has 0 fully saturated rings. The molecule has 0 aromatic carbocycles. The van der Waals surface area contributed by atoms with Crippen molar-refractivity contribution in [1.29, 1.82) is 0 Å². The van der Waals surface area contributed by atoms with E-state index in [9.17, 15) is 0 Å². The molecule has 2 aromatic heterocycles. The number of aryl methyl sites for hydroxylation is 2. The lowest BCUT2D eigenvalue weighted by Gasteiger charge is -2.09. The maximum absolute atomic E-state index is 4.44. The molecule has 2 rings (SSSR count). The summed E-state index contributed by atoms with van der Waals surface area (Å²) in [5.41, 5.74) is 0.956. The highest BCUT2D eigenvalue weighted by Gasteiger charge is 2.01. The minimum atomic E-state index is 0.686. The third-order valence-corrected chi connectivity index (χ3v) is 2.73. The molecule has 0 radical (unpaired) electrons. The number of rotatable bonds is 8. The molecule has 0 aliphatic rings. The van der Waals surface area contributed by atoms with E-state index in [1.165, 1.54) is 0 Å². The van der Waals surface area contributed by atoms with Gasteiger partial charge in [0.25, 0.3) is 0 Å². The van der Waals surface area contributed by atoms with Gasteiger partial charge in [0.2, 0.25) is 5.95 Å². The highest BCUT2D eigenvalue weighted by Crippen LogP contribution is 2.09. The van der Waals surface area contributed by atoms with E-state index in [1.807, 2.05) is 23.9 Å². The summed E-state index contributed by atoms with van der Waals surface area (Å²) in [7, 11) is 0. The number of hydrogen-bond acceptors (Lipinski definition) is 6. The third-order valence-electron chi connectivity index (χ3n) is 2.73. The van der Waals surface area contributed by atoms with Crippen LogP contribution < -0.4 is 10.6 Å². The zero-order valence-electron chi connectivity index (χ0n) is 12.0. The van der Waals surface area contributed by atoms with Crippen molar-refractivity contribution in [3.05, 3.63) is 24.2 Å². The predicted molar refractivity (Wildman–Crippen MR) is 78.7 cm³/mol. The van der Waals surface area contributed by atoms with Crippen molar-refractivity contribution in [3.63, 3.8) is 0 Å². The fraction of sp³-hybridized carbons (Fsp3) is 0.538. The van der Waals surface area contributed by atoms with Crippen molar-refractivity contribution in [1.82, 2.24) is 25.0 Å². The van der Waals surface area contributed by atoms with Crippen LogP contribution in [-0.2, 0) is 6.54 Å². The number of aromatic nitrogens is 5. The van der Waals surface area contributed by atoms with Gasteiger partial charge in [-0.05, 0) is 19.8 Å². The third kappa shape index (κ3) is 4.49. The second-order valence-corrected chi connectivity index (χ2v) is 4.59. The normalized spacial score (nSPS) is 10.5. The average molecular weight is 275 g/mol. The Balaban J connectivity index is 1.80.